The summed E-state index contributed by atoms with van der Waals surface area (Å²) in [7, 11) is 1.63. The first-order chi connectivity index (χ1) is 19.9. The van der Waals surface area contributed by atoms with E-state index in [2.05, 4.69) is 15.3 Å². The monoisotopic (exact) mass is 578 g/mol. The highest BCUT2D eigenvalue weighted by molar-refractivity contribution is 6.31. The number of imidazole rings is 1. The van der Waals surface area contributed by atoms with E-state index in [1.807, 2.05) is 44.8 Å². The van der Waals surface area contributed by atoms with Crippen LogP contribution in [-0.4, -0.2) is 68.6 Å². The summed E-state index contributed by atoms with van der Waals surface area (Å²) in [4.78, 5) is 52.4. The van der Waals surface area contributed by atoms with E-state index >= 15 is 0 Å². The zero-order valence-electron chi connectivity index (χ0n) is 23.2. The predicted molar refractivity (Wildman–Crippen MR) is 152 cm³/mol. The number of halogens is 1. The SMILES string of the molecule is CNC(=O)[C@H]1CCCC[C@H]1C(=O)N1CCc2c(Cl)ccc(OCc3cn4cccnc4n3)c2[C@H]1CN1CCCC1=O. The number of carbonyl (C=O) groups is 3. The van der Waals surface area contributed by atoms with Crippen molar-refractivity contribution in [2.45, 2.75) is 57.6 Å². The summed E-state index contributed by atoms with van der Waals surface area (Å²) in [6.07, 6.45) is 10.6. The van der Waals surface area contributed by atoms with E-state index in [1.165, 1.54) is 0 Å². The molecule has 2 aromatic heterocycles. The average Bonchev–Trinajstić information content (AvgIpc) is 3.61. The highest BCUT2D eigenvalue weighted by Gasteiger charge is 2.43. The number of amides is 3. The second-order valence-corrected chi connectivity index (χ2v) is 11.5. The van der Waals surface area contributed by atoms with E-state index in [1.54, 1.807) is 13.2 Å². The Kier molecular flexibility index (Phi) is 7.84. The molecule has 2 fully saturated rings. The maximum Gasteiger partial charge on any atom is 0.234 e. The summed E-state index contributed by atoms with van der Waals surface area (Å²) in [6.45, 7) is 1.70. The van der Waals surface area contributed by atoms with Crippen molar-refractivity contribution in [2.75, 3.05) is 26.7 Å². The smallest absolute Gasteiger partial charge is 0.234 e. The van der Waals surface area contributed by atoms with Crippen molar-refractivity contribution >= 4 is 35.1 Å². The molecule has 2 aliphatic heterocycles. The van der Waals surface area contributed by atoms with Crippen LogP contribution >= 0.6 is 11.6 Å². The molecular weight excluding hydrogens is 544 g/mol. The van der Waals surface area contributed by atoms with Crippen molar-refractivity contribution in [3.63, 3.8) is 0 Å². The number of carbonyl (C=O) groups excluding carboxylic acids is 3. The maximum atomic E-state index is 14.3. The minimum Gasteiger partial charge on any atom is -0.487 e. The lowest BCUT2D eigenvalue weighted by Gasteiger charge is -2.43. The fraction of sp³-hybridized carbons (Fsp3) is 0.500. The second kappa shape index (κ2) is 11.7. The Morgan fingerprint density at radius 2 is 1.95 bits per heavy atom. The van der Waals surface area contributed by atoms with Gasteiger partial charge in [0.2, 0.25) is 23.5 Å². The van der Waals surface area contributed by atoms with Crippen molar-refractivity contribution < 1.29 is 19.1 Å². The van der Waals surface area contributed by atoms with Crippen molar-refractivity contribution in [3.05, 3.63) is 58.6 Å². The van der Waals surface area contributed by atoms with Crippen LogP contribution in [-0.2, 0) is 27.4 Å². The van der Waals surface area contributed by atoms with Gasteiger partial charge in [-0.3, -0.25) is 18.8 Å². The normalized spacial score (nSPS) is 22.6. The Bertz CT molecular complexity index is 1440. The van der Waals surface area contributed by atoms with Crippen molar-refractivity contribution in [2.24, 2.45) is 11.8 Å². The van der Waals surface area contributed by atoms with E-state index in [0.29, 0.717) is 61.9 Å². The fourth-order valence-corrected chi connectivity index (χ4v) is 6.96. The molecule has 3 amide bonds. The van der Waals surface area contributed by atoms with Crippen molar-refractivity contribution in [1.29, 1.82) is 0 Å². The number of hydrogen-bond donors (Lipinski definition) is 1. The lowest BCUT2D eigenvalue weighted by molar-refractivity contribution is -0.147. The molecule has 0 spiro atoms. The molecule has 216 valence electrons. The summed E-state index contributed by atoms with van der Waals surface area (Å²) in [5.41, 5.74) is 2.50. The quantitative estimate of drug-likeness (QED) is 0.459. The van der Waals surface area contributed by atoms with Crippen molar-refractivity contribution in [3.8, 4) is 5.75 Å². The lowest BCUT2D eigenvalue weighted by Crippen LogP contribution is -2.50. The first kappa shape index (κ1) is 27.5. The van der Waals surface area contributed by atoms with E-state index in [9.17, 15) is 14.4 Å². The number of ether oxygens (including phenoxy) is 1. The van der Waals surface area contributed by atoms with E-state index < -0.39 is 12.0 Å². The van der Waals surface area contributed by atoms with Gasteiger partial charge in [0.15, 0.2) is 0 Å². The summed E-state index contributed by atoms with van der Waals surface area (Å²) in [6, 6.07) is 5.08. The van der Waals surface area contributed by atoms with Gasteiger partial charge in [0.25, 0.3) is 0 Å². The van der Waals surface area contributed by atoms with Crippen LogP contribution < -0.4 is 10.1 Å². The van der Waals surface area contributed by atoms with Gasteiger partial charge in [-0.1, -0.05) is 24.4 Å². The number of benzene rings is 1. The number of rotatable bonds is 7. The van der Waals surface area contributed by atoms with Gasteiger partial charge in [-0.05, 0) is 49.4 Å². The zero-order chi connectivity index (χ0) is 28.5. The largest absolute Gasteiger partial charge is 0.487 e. The van der Waals surface area contributed by atoms with Gasteiger partial charge in [0.05, 0.1) is 11.7 Å². The van der Waals surface area contributed by atoms with Gasteiger partial charge in [0.1, 0.15) is 12.4 Å². The molecule has 0 radical (unpaired) electrons. The molecule has 1 saturated heterocycles. The van der Waals surface area contributed by atoms with Crippen LogP contribution in [0.2, 0.25) is 5.02 Å². The fourth-order valence-electron chi connectivity index (χ4n) is 6.70. The second-order valence-electron chi connectivity index (χ2n) is 11.1. The molecule has 1 N–H and O–H groups in total. The Morgan fingerprint density at radius 3 is 2.71 bits per heavy atom. The molecule has 1 saturated carbocycles. The lowest BCUT2D eigenvalue weighted by atomic mass is 9.77. The van der Waals surface area contributed by atoms with Gasteiger partial charge in [-0.2, -0.15) is 0 Å². The van der Waals surface area contributed by atoms with Crippen LogP contribution in [0.5, 0.6) is 5.75 Å². The third-order valence-corrected chi connectivity index (χ3v) is 9.10. The number of hydrogen-bond acceptors (Lipinski definition) is 6. The Balaban J connectivity index is 1.35. The van der Waals surface area contributed by atoms with Crippen molar-refractivity contribution in [1.82, 2.24) is 29.5 Å². The minimum atomic E-state index is -0.433. The Hall–Kier alpha value is -3.66. The van der Waals surface area contributed by atoms with Gasteiger partial charge >= 0.3 is 0 Å². The number of fused-ring (bicyclic) bond motifs is 2. The molecule has 0 bridgehead atoms. The van der Waals surface area contributed by atoms with Gasteiger partial charge < -0.3 is 19.9 Å². The predicted octanol–water partition coefficient (Wildman–Crippen LogP) is 3.56. The standard InChI is InChI=1S/C30H35ClN6O4/c1-32-28(39)20-6-2-3-7-21(20)29(40)37-15-11-22-23(31)9-10-25(27(22)24(37)17-35-13-4-8-26(35)38)41-18-19-16-36-14-5-12-33-30(36)34-19/h5,9-10,12,14,16,20-21,24H,2-4,6-8,11,13,15,17-18H2,1H3,(H,32,39)/t20-,21+,24+/m0/s1. The van der Waals surface area contributed by atoms with Crippen LogP contribution in [0, 0.1) is 11.8 Å². The summed E-state index contributed by atoms with van der Waals surface area (Å²) in [5.74, 6) is 0.442. The van der Waals surface area contributed by atoms with Crippen LogP contribution in [0.3, 0.4) is 0 Å². The average molecular weight is 579 g/mol. The molecule has 3 atom stereocenters. The van der Waals surface area contributed by atoms with Crippen LogP contribution in [0.25, 0.3) is 5.78 Å². The third kappa shape index (κ3) is 5.37. The topological polar surface area (TPSA) is 109 Å². The highest BCUT2D eigenvalue weighted by Crippen LogP contribution is 2.43. The van der Waals surface area contributed by atoms with Crippen LogP contribution in [0.1, 0.15) is 61.4 Å². The molecule has 0 unspecified atom stereocenters. The number of nitrogens with zero attached hydrogens (tertiary/aromatic N) is 5. The van der Waals surface area contributed by atoms with E-state index in [4.69, 9.17) is 16.3 Å². The first-order valence-corrected chi connectivity index (χ1v) is 14.8. The molecule has 10 nitrogen and oxygen atoms in total. The number of nitrogens with one attached hydrogen (secondary N) is 1. The number of aromatic nitrogens is 3. The number of likely N-dealkylation sites (tertiary alicyclic amines) is 1. The molecule has 3 aromatic rings. The first-order valence-electron chi connectivity index (χ1n) is 14.5. The third-order valence-electron chi connectivity index (χ3n) is 8.75. The summed E-state index contributed by atoms with van der Waals surface area (Å²) < 4.78 is 8.22. The highest BCUT2D eigenvalue weighted by atomic mass is 35.5. The molecular formula is C30H35ClN6O4. The molecule has 6 rings (SSSR count). The zero-order valence-corrected chi connectivity index (χ0v) is 24.0. The molecule has 41 heavy (non-hydrogen) atoms. The Labute approximate surface area is 244 Å². The molecule has 1 aliphatic carbocycles. The van der Waals surface area contributed by atoms with Crippen LogP contribution in [0.4, 0.5) is 0 Å². The minimum absolute atomic E-state index is 0.0297. The van der Waals surface area contributed by atoms with E-state index in [-0.39, 0.29) is 30.2 Å². The Morgan fingerprint density at radius 1 is 1.12 bits per heavy atom. The maximum absolute atomic E-state index is 14.3. The summed E-state index contributed by atoms with van der Waals surface area (Å²) in [5, 5.41) is 3.38. The summed E-state index contributed by atoms with van der Waals surface area (Å²) >= 11 is 6.74. The van der Waals surface area contributed by atoms with Gasteiger partial charge in [0, 0.05) is 74.1 Å². The van der Waals surface area contributed by atoms with Gasteiger partial charge in [-0.15, -0.1) is 0 Å². The molecule has 3 aliphatic rings. The van der Waals surface area contributed by atoms with E-state index in [0.717, 1.165) is 36.1 Å². The van der Waals surface area contributed by atoms with Crippen LogP contribution in [0.15, 0.2) is 36.8 Å². The van der Waals surface area contributed by atoms with Gasteiger partial charge in [-0.25, -0.2) is 9.97 Å². The molecule has 11 heteroatoms. The molecule has 1 aromatic carbocycles. The molecule has 4 heterocycles.